The molecule has 0 unspecified atom stereocenters. The molecule has 3 N–H and O–H groups in total. The van der Waals surface area contributed by atoms with Crippen LogP contribution in [0.15, 0.2) is 30.5 Å². The number of fused-ring (bicyclic) bond motifs is 1. The van der Waals surface area contributed by atoms with Crippen molar-refractivity contribution in [2.45, 2.75) is 57.5 Å². The van der Waals surface area contributed by atoms with Gasteiger partial charge in [-0.05, 0) is 67.6 Å². The molecule has 4 nitrogen and oxygen atoms in total. The molecule has 1 saturated carbocycles. The highest BCUT2D eigenvalue weighted by molar-refractivity contribution is 6.33. The fourth-order valence-electron chi connectivity index (χ4n) is 4.20. The molecule has 5 heteroatoms. The number of aromatic nitrogens is 1. The van der Waals surface area contributed by atoms with Crippen LogP contribution in [0.3, 0.4) is 0 Å². The van der Waals surface area contributed by atoms with E-state index in [0.717, 1.165) is 49.0 Å². The van der Waals surface area contributed by atoms with Crippen LogP contribution in [-0.2, 0) is 19.4 Å². The summed E-state index contributed by atoms with van der Waals surface area (Å²) >= 11 is 6.51. The molecule has 0 bridgehead atoms. The number of halogens is 1. The molecule has 0 atom stereocenters. The van der Waals surface area contributed by atoms with Crippen LogP contribution in [0.2, 0.25) is 5.02 Å². The van der Waals surface area contributed by atoms with E-state index < -0.39 is 0 Å². The standard InChI is InChI=1S/C22H29ClN4/c23-20-8-7-17-10-12-24-13-11-19(17)22(20)26-15-16-6-9-21(25-14-16)27-18-4-2-1-3-5-18/h6-9,14,18,24,26H,1-5,10-13,15H2,(H,25,27). The van der Waals surface area contributed by atoms with E-state index in [0.29, 0.717) is 6.04 Å². The lowest BCUT2D eigenvalue weighted by atomic mass is 9.95. The van der Waals surface area contributed by atoms with E-state index in [4.69, 9.17) is 11.6 Å². The molecule has 0 amide bonds. The highest BCUT2D eigenvalue weighted by Crippen LogP contribution is 2.31. The molecule has 1 aliphatic carbocycles. The molecule has 0 spiro atoms. The minimum atomic E-state index is 0.586. The van der Waals surface area contributed by atoms with E-state index in [9.17, 15) is 0 Å². The third-order valence-electron chi connectivity index (χ3n) is 5.73. The van der Waals surface area contributed by atoms with Gasteiger partial charge >= 0.3 is 0 Å². The van der Waals surface area contributed by atoms with Crippen molar-refractivity contribution < 1.29 is 0 Å². The number of benzene rings is 1. The van der Waals surface area contributed by atoms with Crippen molar-refractivity contribution in [2.24, 2.45) is 0 Å². The summed E-state index contributed by atoms with van der Waals surface area (Å²) in [7, 11) is 0. The van der Waals surface area contributed by atoms with E-state index in [2.05, 4.69) is 39.1 Å². The minimum Gasteiger partial charge on any atom is -0.379 e. The third kappa shape index (κ3) is 4.74. The van der Waals surface area contributed by atoms with Gasteiger partial charge in [-0.1, -0.05) is 43.0 Å². The average molecular weight is 385 g/mol. The lowest BCUT2D eigenvalue weighted by Gasteiger charge is -2.23. The topological polar surface area (TPSA) is 49.0 Å². The number of anilines is 2. The molecule has 1 fully saturated rings. The summed E-state index contributed by atoms with van der Waals surface area (Å²) < 4.78 is 0. The second kappa shape index (κ2) is 8.94. The first-order valence-corrected chi connectivity index (χ1v) is 10.6. The molecule has 0 saturated heterocycles. The van der Waals surface area contributed by atoms with E-state index in [1.807, 2.05) is 12.3 Å². The van der Waals surface area contributed by atoms with Crippen molar-refractivity contribution >= 4 is 23.1 Å². The SMILES string of the molecule is Clc1ccc2c(c1NCc1ccc(NC3CCCCC3)nc1)CCNCC2. The largest absolute Gasteiger partial charge is 0.379 e. The van der Waals surface area contributed by atoms with E-state index in [1.54, 1.807) is 0 Å². The van der Waals surface area contributed by atoms with Gasteiger partial charge in [0, 0.05) is 18.8 Å². The van der Waals surface area contributed by atoms with Gasteiger partial charge < -0.3 is 16.0 Å². The molecule has 2 aromatic rings. The number of hydrogen-bond acceptors (Lipinski definition) is 4. The van der Waals surface area contributed by atoms with Gasteiger partial charge in [0.15, 0.2) is 0 Å². The zero-order valence-corrected chi connectivity index (χ0v) is 16.6. The fraction of sp³-hybridized carbons (Fsp3) is 0.500. The normalized spacial score (nSPS) is 17.8. The van der Waals surface area contributed by atoms with Crippen molar-refractivity contribution in [1.29, 1.82) is 0 Å². The molecule has 1 aromatic heterocycles. The Hall–Kier alpha value is -1.78. The number of hydrogen-bond donors (Lipinski definition) is 3. The third-order valence-corrected chi connectivity index (χ3v) is 6.05. The predicted molar refractivity (Wildman–Crippen MR) is 114 cm³/mol. The first-order chi connectivity index (χ1) is 13.3. The monoisotopic (exact) mass is 384 g/mol. The van der Waals surface area contributed by atoms with Crippen LogP contribution in [0.1, 0.15) is 48.8 Å². The van der Waals surface area contributed by atoms with Crippen molar-refractivity contribution in [3.05, 3.63) is 52.2 Å². The fourth-order valence-corrected chi connectivity index (χ4v) is 4.44. The van der Waals surface area contributed by atoms with Crippen LogP contribution in [-0.4, -0.2) is 24.1 Å². The van der Waals surface area contributed by atoms with E-state index >= 15 is 0 Å². The predicted octanol–water partition coefficient (Wildman–Crippen LogP) is 4.78. The maximum absolute atomic E-state index is 6.51. The minimum absolute atomic E-state index is 0.586. The Bertz CT molecular complexity index is 754. The van der Waals surface area contributed by atoms with Crippen LogP contribution in [0.25, 0.3) is 0 Å². The maximum atomic E-state index is 6.51. The van der Waals surface area contributed by atoms with Crippen molar-refractivity contribution in [2.75, 3.05) is 23.7 Å². The molecule has 2 aliphatic rings. The molecule has 27 heavy (non-hydrogen) atoms. The Morgan fingerprint density at radius 1 is 1.04 bits per heavy atom. The lowest BCUT2D eigenvalue weighted by Crippen LogP contribution is -2.22. The van der Waals surface area contributed by atoms with Gasteiger partial charge in [-0.15, -0.1) is 0 Å². The van der Waals surface area contributed by atoms with Crippen molar-refractivity contribution in [1.82, 2.24) is 10.3 Å². The summed E-state index contributed by atoms with van der Waals surface area (Å²) in [6.45, 7) is 2.78. The van der Waals surface area contributed by atoms with Crippen LogP contribution >= 0.6 is 11.6 Å². The Balaban J connectivity index is 1.40. The van der Waals surface area contributed by atoms with Crippen LogP contribution in [0, 0.1) is 0 Å². The zero-order chi connectivity index (χ0) is 18.5. The van der Waals surface area contributed by atoms with Gasteiger partial charge in [0.05, 0.1) is 10.7 Å². The zero-order valence-electron chi connectivity index (χ0n) is 15.9. The quantitative estimate of drug-likeness (QED) is 0.694. The summed E-state index contributed by atoms with van der Waals surface area (Å²) in [5.41, 5.74) is 5.01. The second-order valence-electron chi connectivity index (χ2n) is 7.69. The number of nitrogens with one attached hydrogen (secondary N) is 3. The van der Waals surface area contributed by atoms with Crippen LogP contribution in [0.4, 0.5) is 11.5 Å². The summed E-state index contributed by atoms with van der Waals surface area (Å²) in [5.74, 6) is 0.989. The smallest absolute Gasteiger partial charge is 0.126 e. The first-order valence-electron chi connectivity index (χ1n) is 10.3. The summed E-state index contributed by atoms with van der Waals surface area (Å²) in [6.07, 6.45) is 10.6. The Morgan fingerprint density at radius 2 is 1.89 bits per heavy atom. The molecule has 4 rings (SSSR count). The average Bonchev–Trinajstić information content (AvgIpc) is 2.95. The number of nitrogens with zero attached hydrogens (tertiary/aromatic N) is 1. The Kier molecular flexibility index (Phi) is 6.15. The highest BCUT2D eigenvalue weighted by atomic mass is 35.5. The Morgan fingerprint density at radius 3 is 2.70 bits per heavy atom. The number of pyridine rings is 1. The van der Waals surface area contributed by atoms with Gasteiger partial charge in [-0.25, -0.2) is 4.98 Å². The molecule has 1 aromatic carbocycles. The molecule has 1 aliphatic heterocycles. The van der Waals surface area contributed by atoms with Gasteiger partial charge in [-0.2, -0.15) is 0 Å². The van der Waals surface area contributed by atoms with Crippen molar-refractivity contribution in [3.8, 4) is 0 Å². The lowest BCUT2D eigenvalue weighted by molar-refractivity contribution is 0.462. The van der Waals surface area contributed by atoms with Gasteiger partial charge in [0.1, 0.15) is 5.82 Å². The Labute approximate surface area is 167 Å². The molecular weight excluding hydrogens is 356 g/mol. The number of rotatable bonds is 5. The molecule has 0 radical (unpaired) electrons. The highest BCUT2D eigenvalue weighted by Gasteiger charge is 2.15. The molecule has 144 valence electrons. The molecule has 2 heterocycles. The first kappa shape index (κ1) is 18.6. The van der Waals surface area contributed by atoms with Crippen LogP contribution < -0.4 is 16.0 Å². The summed E-state index contributed by atoms with van der Waals surface area (Å²) in [6, 6.07) is 9.03. The summed E-state index contributed by atoms with van der Waals surface area (Å²) in [4.78, 5) is 4.62. The van der Waals surface area contributed by atoms with E-state index in [-0.39, 0.29) is 0 Å². The second-order valence-corrected chi connectivity index (χ2v) is 8.10. The van der Waals surface area contributed by atoms with Gasteiger partial charge in [0.25, 0.3) is 0 Å². The van der Waals surface area contributed by atoms with Gasteiger partial charge in [-0.3, -0.25) is 0 Å². The van der Waals surface area contributed by atoms with Gasteiger partial charge in [0.2, 0.25) is 0 Å². The van der Waals surface area contributed by atoms with Crippen molar-refractivity contribution in [3.63, 3.8) is 0 Å². The van der Waals surface area contributed by atoms with Crippen LogP contribution in [0.5, 0.6) is 0 Å². The molecular formula is C22H29ClN4. The maximum Gasteiger partial charge on any atom is 0.126 e. The van der Waals surface area contributed by atoms with E-state index in [1.165, 1.54) is 48.8 Å². The summed E-state index contributed by atoms with van der Waals surface area (Å²) in [5, 5.41) is 11.4.